The lowest BCUT2D eigenvalue weighted by Gasteiger charge is -2.20. The smallest absolute Gasteiger partial charge is 0.321 e. The highest BCUT2D eigenvalue weighted by atomic mass is 19.1. The zero-order chi connectivity index (χ0) is 15.5. The number of carbonyl (C=O) groups excluding carboxylic acids is 1. The van der Waals surface area contributed by atoms with Gasteiger partial charge in [-0.25, -0.2) is 14.2 Å². The first-order valence-corrected chi connectivity index (χ1v) is 6.28. The van der Waals surface area contributed by atoms with E-state index in [2.05, 4.69) is 15.6 Å². The minimum Gasteiger partial charge on any atom is -0.369 e. The largest absolute Gasteiger partial charge is 0.369 e. The van der Waals surface area contributed by atoms with Crippen LogP contribution < -0.4 is 16.4 Å². The normalized spacial score (nSPS) is 12.2. The SMILES string of the molecule is Cc1cc(C)c(N=C(N)NC(=O)NC(C)(C)C)c(F)c1. The van der Waals surface area contributed by atoms with Crippen molar-refractivity contribution in [3.8, 4) is 0 Å². The van der Waals surface area contributed by atoms with E-state index < -0.39 is 17.4 Å². The van der Waals surface area contributed by atoms with Crippen molar-refractivity contribution in [2.75, 3.05) is 0 Å². The van der Waals surface area contributed by atoms with E-state index in [1.807, 2.05) is 20.8 Å². The molecule has 6 heteroatoms. The molecule has 0 aliphatic carbocycles. The van der Waals surface area contributed by atoms with Crippen LogP contribution in [-0.2, 0) is 0 Å². The second-order valence-electron chi connectivity index (χ2n) is 5.74. The number of nitrogens with one attached hydrogen (secondary N) is 2. The van der Waals surface area contributed by atoms with Gasteiger partial charge in [-0.15, -0.1) is 0 Å². The van der Waals surface area contributed by atoms with Crippen LogP contribution in [0.2, 0.25) is 0 Å². The van der Waals surface area contributed by atoms with Crippen molar-refractivity contribution in [2.24, 2.45) is 10.7 Å². The van der Waals surface area contributed by atoms with Crippen LogP contribution >= 0.6 is 0 Å². The molecule has 0 aliphatic rings. The maximum Gasteiger partial charge on any atom is 0.321 e. The Bertz CT molecular complexity index is 524. The van der Waals surface area contributed by atoms with Crippen LogP contribution in [0.3, 0.4) is 0 Å². The highest BCUT2D eigenvalue weighted by Crippen LogP contribution is 2.23. The molecule has 0 heterocycles. The first kappa shape index (κ1) is 15.9. The molecule has 1 rings (SSSR count). The molecule has 1 aromatic rings. The number of halogens is 1. The quantitative estimate of drug-likeness (QED) is 0.546. The molecule has 0 radical (unpaired) electrons. The third-order valence-electron chi connectivity index (χ3n) is 2.36. The van der Waals surface area contributed by atoms with Gasteiger partial charge in [0.15, 0.2) is 0 Å². The van der Waals surface area contributed by atoms with Crippen LogP contribution in [-0.4, -0.2) is 17.5 Å². The average Bonchev–Trinajstić information content (AvgIpc) is 2.20. The van der Waals surface area contributed by atoms with Crippen LogP contribution in [0.4, 0.5) is 14.9 Å². The summed E-state index contributed by atoms with van der Waals surface area (Å²) in [6, 6.07) is 2.68. The van der Waals surface area contributed by atoms with Gasteiger partial charge in [-0.1, -0.05) is 6.07 Å². The number of aryl methyl sites for hydroxylation is 2. The molecule has 0 spiro atoms. The number of hydrogen-bond acceptors (Lipinski definition) is 2. The monoisotopic (exact) mass is 280 g/mol. The minimum absolute atomic E-state index is 0.129. The van der Waals surface area contributed by atoms with Gasteiger partial charge in [0, 0.05) is 5.54 Å². The fourth-order valence-electron chi connectivity index (χ4n) is 1.69. The number of hydrogen-bond donors (Lipinski definition) is 3. The zero-order valence-electron chi connectivity index (χ0n) is 12.5. The first-order chi connectivity index (χ1) is 9.08. The predicted molar refractivity (Wildman–Crippen MR) is 78.6 cm³/mol. The van der Waals surface area contributed by atoms with Crippen LogP contribution in [0.25, 0.3) is 0 Å². The van der Waals surface area contributed by atoms with Gasteiger partial charge in [0.25, 0.3) is 0 Å². The van der Waals surface area contributed by atoms with Gasteiger partial charge in [-0.2, -0.15) is 0 Å². The molecule has 5 nitrogen and oxygen atoms in total. The molecule has 20 heavy (non-hydrogen) atoms. The standard InChI is InChI=1S/C14H21FN4O/c1-8-6-9(2)11(10(15)7-8)17-12(16)18-13(20)19-14(3,4)5/h6-7H,1-5H3,(H4,16,17,18,19,20). The Balaban J connectivity index is 2.87. The van der Waals surface area contributed by atoms with Gasteiger partial charge in [0.2, 0.25) is 5.96 Å². The minimum atomic E-state index is -0.482. The van der Waals surface area contributed by atoms with E-state index >= 15 is 0 Å². The van der Waals surface area contributed by atoms with Crippen molar-refractivity contribution >= 4 is 17.7 Å². The van der Waals surface area contributed by atoms with Crippen molar-refractivity contribution in [2.45, 2.75) is 40.2 Å². The maximum atomic E-state index is 13.8. The van der Waals surface area contributed by atoms with Crippen LogP contribution in [0.5, 0.6) is 0 Å². The lowest BCUT2D eigenvalue weighted by molar-refractivity contribution is 0.236. The molecule has 4 N–H and O–H groups in total. The molecular weight excluding hydrogens is 259 g/mol. The molecule has 0 unspecified atom stereocenters. The molecule has 0 aliphatic heterocycles. The Hall–Kier alpha value is -2.11. The number of amides is 2. The summed E-state index contributed by atoms with van der Waals surface area (Å²) in [5.41, 5.74) is 6.81. The lowest BCUT2D eigenvalue weighted by atomic mass is 10.1. The van der Waals surface area contributed by atoms with E-state index in [-0.39, 0.29) is 11.6 Å². The fraction of sp³-hybridized carbons (Fsp3) is 0.429. The predicted octanol–water partition coefficient (Wildman–Crippen LogP) is 2.49. The summed E-state index contributed by atoms with van der Waals surface area (Å²) in [5, 5.41) is 5.03. The van der Waals surface area contributed by atoms with Crippen molar-refractivity contribution in [1.29, 1.82) is 0 Å². The number of aliphatic imine (C=N–C) groups is 1. The van der Waals surface area contributed by atoms with Gasteiger partial charge >= 0.3 is 6.03 Å². The summed E-state index contributed by atoms with van der Waals surface area (Å²) in [6.45, 7) is 9.04. The highest BCUT2D eigenvalue weighted by molar-refractivity contribution is 5.96. The summed E-state index contributed by atoms with van der Waals surface area (Å²) >= 11 is 0. The number of urea groups is 1. The highest BCUT2D eigenvalue weighted by Gasteiger charge is 2.14. The van der Waals surface area contributed by atoms with Gasteiger partial charge < -0.3 is 11.1 Å². The first-order valence-electron chi connectivity index (χ1n) is 6.28. The maximum absolute atomic E-state index is 13.8. The number of benzene rings is 1. The second-order valence-corrected chi connectivity index (χ2v) is 5.74. The van der Waals surface area contributed by atoms with Crippen LogP contribution in [0, 0.1) is 19.7 Å². The Morgan fingerprint density at radius 1 is 1.30 bits per heavy atom. The summed E-state index contributed by atoms with van der Waals surface area (Å²) < 4.78 is 13.8. The summed E-state index contributed by atoms with van der Waals surface area (Å²) in [6.07, 6.45) is 0. The number of nitrogens with two attached hydrogens (primary N) is 1. The molecular formula is C14H21FN4O. The molecule has 0 fully saturated rings. The molecule has 0 atom stereocenters. The van der Waals surface area contributed by atoms with Gasteiger partial charge in [0.05, 0.1) is 0 Å². The molecule has 1 aromatic carbocycles. The van der Waals surface area contributed by atoms with E-state index in [0.29, 0.717) is 5.56 Å². The molecule has 2 amide bonds. The molecule has 0 saturated carbocycles. The lowest BCUT2D eigenvalue weighted by Crippen LogP contribution is -2.50. The van der Waals surface area contributed by atoms with E-state index in [9.17, 15) is 9.18 Å². The zero-order valence-corrected chi connectivity index (χ0v) is 12.5. The fourth-order valence-corrected chi connectivity index (χ4v) is 1.69. The van der Waals surface area contributed by atoms with Gasteiger partial charge in [0.1, 0.15) is 11.5 Å². The van der Waals surface area contributed by atoms with Crippen molar-refractivity contribution in [3.63, 3.8) is 0 Å². The third kappa shape index (κ3) is 4.87. The topological polar surface area (TPSA) is 79.5 Å². The van der Waals surface area contributed by atoms with Crippen molar-refractivity contribution < 1.29 is 9.18 Å². The Kier molecular flexibility index (Phi) is 4.70. The average molecular weight is 280 g/mol. The van der Waals surface area contributed by atoms with Crippen LogP contribution in [0.1, 0.15) is 31.9 Å². The summed E-state index contributed by atoms with van der Waals surface area (Å²) in [4.78, 5) is 15.5. The van der Waals surface area contributed by atoms with E-state index in [0.717, 1.165) is 5.56 Å². The van der Waals surface area contributed by atoms with E-state index in [4.69, 9.17) is 5.73 Å². The van der Waals surface area contributed by atoms with Gasteiger partial charge in [-0.3, -0.25) is 5.32 Å². The Labute approximate surface area is 118 Å². The molecule has 0 saturated heterocycles. The molecule has 0 aromatic heterocycles. The van der Waals surface area contributed by atoms with Crippen molar-refractivity contribution in [3.05, 3.63) is 29.1 Å². The number of guanidine groups is 1. The Morgan fingerprint density at radius 2 is 1.90 bits per heavy atom. The number of rotatable bonds is 1. The van der Waals surface area contributed by atoms with Crippen LogP contribution in [0.15, 0.2) is 17.1 Å². The second kappa shape index (κ2) is 5.90. The van der Waals surface area contributed by atoms with E-state index in [1.165, 1.54) is 6.07 Å². The number of carbonyl (C=O) groups is 1. The van der Waals surface area contributed by atoms with E-state index in [1.54, 1.807) is 19.9 Å². The summed E-state index contributed by atoms with van der Waals surface area (Å²) in [5.74, 6) is -0.624. The molecule has 0 bridgehead atoms. The Morgan fingerprint density at radius 3 is 2.40 bits per heavy atom. The summed E-state index contributed by atoms with van der Waals surface area (Å²) in [7, 11) is 0. The number of nitrogens with zero attached hydrogens (tertiary/aromatic N) is 1. The third-order valence-corrected chi connectivity index (χ3v) is 2.36. The van der Waals surface area contributed by atoms with Gasteiger partial charge in [-0.05, 0) is 51.8 Å². The molecule has 110 valence electrons. The van der Waals surface area contributed by atoms with Crippen molar-refractivity contribution in [1.82, 2.24) is 10.6 Å².